The average molecular weight is 779 g/mol. The van der Waals surface area contributed by atoms with Gasteiger partial charge in [0.2, 0.25) is 0 Å². The number of allylic oxidation sites excluding steroid dienone is 8. The van der Waals surface area contributed by atoms with Gasteiger partial charge < -0.3 is 39.4 Å². The topological polar surface area (TPSA) is 152 Å². The quantitative estimate of drug-likeness (QED) is 0.0279. The number of carbonyl (C=O) groups excluding carboxylic acids is 2. The standard InChI is InChI=1S/C45H78O10/c1-3-5-7-9-11-13-15-17-19-21-23-25-27-29-31-33-40(47)52-36-38(37-53-45-44(51)43(50)42(49)39(35-46)55-45)54-41(48)34-32-30-28-26-24-22-20-18-16-14-12-10-8-6-4-2/h11-14,17-20,38-39,42-46,49-51H,3-10,15-16,21-37H2,1-2H3/b13-11+,14-12+,19-17+,20-18+/t38?,39-,42+,43+,44-,45-/m1/s1. The van der Waals surface area contributed by atoms with Crippen molar-refractivity contribution >= 4 is 11.9 Å². The monoisotopic (exact) mass is 779 g/mol. The zero-order chi connectivity index (χ0) is 40.2. The highest BCUT2D eigenvalue weighted by atomic mass is 16.7. The van der Waals surface area contributed by atoms with E-state index in [2.05, 4.69) is 62.5 Å². The van der Waals surface area contributed by atoms with Crippen LogP contribution in [0.1, 0.15) is 168 Å². The molecule has 0 spiro atoms. The van der Waals surface area contributed by atoms with Gasteiger partial charge in [-0.2, -0.15) is 0 Å². The predicted octanol–water partition coefficient (Wildman–Crippen LogP) is 8.88. The Morgan fingerprint density at radius 3 is 1.51 bits per heavy atom. The number of unbranched alkanes of at least 4 members (excludes halogenated alkanes) is 16. The van der Waals surface area contributed by atoms with Crippen molar-refractivity contribution < 1.29 is 49.0 Å². The zero-order valence-corrected chi connectivity index (χ0v) is 34.4. The average Bonchev–Trinajstić information content (AvgIpc) is 3.18. The largest absolute Gasteiger partial charge is 0.462 e. The molecule has 0 radical (unpaired) electrons. The molecule has 0 aliphatic carbocycles. The van der Waals surface area contributed by atoms with Gasteiger partial charge in [-0.15, -0.1) is 0 Å². The second kappa shape index (κ2) is 36.0. The maximum Gasteiger partial charge on any atom is 0.306 e. The maximum atomic E-state index is 12.7. The van der Waals surface area contributed by atoms with E-state index in [0.717, 1.165) is 83.5 Å². The molecule has 10 nitrogen and oxygen atoms in total. The van der Waals surface area contributed by atoms with Crippen molar-refractivity contribution in [1.82, 2.24) is 0 Å². The van der Waals surface area contributed by atoms with Crippen LogP contribution in [-0.2, 0) is 28.5 Å². The summed E-state index contributed by atoms with van der Waals surface area (Å²) in [6.45, 7) is 3.33. The Morgan fingerprint density at radius 1 is 0.564 bits per heavy atom. The molecular weight excluding hydrogens is 700 g/mol. The summed E-state index contributed by atoms with van der Waals surface area (Å²) in [5.41, 5.74) is 0. The lowest BCUT2D eigenvalue weighted by molar-refractivity contribution is -0.305. The maximum absolute atomic E-state index is 12.7. The minimum atomic E-state index is -1.60. The lowest BCUT2D eigenvalue weighted by atomic mass is 9.99. The van der Waals surface area contributed by atoms with E-state index < -0.39 is 55.4 Å². The van der Waals surface area contributed by atoms with Gasteiger partial charge in [0.05, 0.1) is 13.2 Å². The van der Waals surface area contributed by atoms with Crippen LogP contribution in [0.15, 0.2) is 48.6 Å². The number of carbonyl (C=O) groups is 2. The van der Waals surface area contributed by atoms with E-state index in [-0.39, 0.29) is 26.1 Å². The van der Waals surface area contributed by atoms with Crippen molar-refractivity contribution in [2.75, 3.05) is 19.8 Å². The molecule has 0 aromatic carbocycles. The molecule has 0 aromatic rings. The van der Waals surface area contributed by atoms with Gasteiger partial charge in [-0.05, 0) is 77.0 Å². The Labute approximate surface area is 333 Å². The lowest BCUT2D eigenvalue weighted by Crippen LogP contribution is -2.59. The fourth-order valence-electron chi connectivity index (χ4n) is 6.19. The lowest BCUT2D eigenvalue weighted by Gasteiger charge is -2.39. The Morgan fingerprint density at radius 2 is 1.02 bits per heavy atom. The van der Waals surface area contributed by atoms with Gasteiger partial charge in [0.15, 0.2) is 12.4 Å². The van der Waals surface area contributed by atoms with Crippen LogP contribution in [0.5, 0.6) is 0 Å². The van der Waals surface area contributed by atoms with Crippen molar-refractivity contribution in [3.63, 3.8) is 0 Å². The van der Waals surface area contributed by atoms with Crippen LogP contribution in [-0.4, -0.2) is 89.0 Å². The second-order valence-electron chi connectivity index (χ2n) is 14.8. The van der Waals surface area contributed by atoms with Gasteiger partial charge in [-0.1, -0.05) is 127 Å². The first-order valence-corrected chi connectivity index (χ1v) is 21.7. The van der Waals surface area contributed by atoms with Crippen molar-refractivity contribution in [1.29, 1.82) is 0 Å². The minimum absolute atomic E-state index is 0.209. The fourth-order valence-corrected chi connectivity index (χ4v) is 6.19. The van der Waals surface area contributed by atoms with Crippen LogP contribution < -0.4 is 0 Å². The van der Waals surface area contributed by atoms with Crippen LogP contribution >= 0.6 is 0 Å². The molecule has 1 fully saturated rings. The van der Waals surface area contributed by atoms with Crippen LogP contribution in [0.25, 0.3) is 0 Å². The first kappa shape index (κ1) is 50.7. The molecule has 1 unspecified atom stereocenters. The number of aliphatic hydroxyl groups excluding tert-OH is 4. The molecule has 4 N–H and O–H groups in total. The molecule has 0 aromatic heterocycles. The predicted molar refractivity (Wildman–Crippen MR) is 219 cm³/mol. The Hall–Kier alpha value is -2.34. The van der Waals surface area contributed by atoms with Crippen LogP contribution in [0, 0.1) is 0 Å². The number of hydrogen-bond donors (Lipinski definition) is 4. The molecule has 55 heavy (non-hydrogen) atoms. The van der Waals surface area contributed by atoms with E-state index in [1.807, 2.05) is 0 Å². The highest BCUT2D eigenvalue weighted by Gasteiger charge is 2.44. The third-order valence-electron chi connectivity index (χ3n) is 9.69. The summed E-state index contributed by atoms with van der Waals surface area (Å²) in [4.78, 5) is 25.3. The summed E-state index contributed by atoms with van der Waals surface area (Å²) in [6.07, 6.45) is 33.9. The molecule has 6 atom stereocenters. The van der Waals surface area contributed by atoms with Crippen LogP contribution in [0.4, 0.5) is 0 Å². The van der Waals surface area contributed by atoms with Crippen molar-refractivity contribution in [3.8, 4) is 0 Å². The summed E-state index contributed by atoms with van der Waals surface area (Å²) >= 11 is 0. The molecule has 1 heterocycles. The Bertz CT molecular complexity index is 1040. The molecule has 318 valence electrons. The van der Waals surface area contributed by atoms with E-state index in [4.69, 9.17) is 18.9 Å². The second-order valence-corrected chi connectivity index (χ2v) is 14.8. The summed E-state index contributed by atoms with van der Waals surface area (Å²) in [5.74, 6) is -0.842. The van der Waals surface area contributed by atoms with E-state index in [9.17, 15) is 30.0 Å². The molecule has 0 saturated carbocycles. The van der Waals surface area contributed by atoms with Gasteiger partial charge in [0.25, 0.3) is 0 Å². The summed E-state index contributed by atoms with van der Waals surface area (Å²) < 4.78 is 22.1. The SMILES string of the molecule is CCCCC/C=C/C/C=C/CCCCCCCC(=O)OCC(CO[C@@H]1O[C@H](CO)[C@H](O)[C@H](O)[C@H]1O)OC(=O)CCCCCCC/C=C/C/C=C/CCCCC. The third kappa shape index (κ3) is 27.8. The molecule has 1 aliphatic rings. The molecule has 1 saturated heterocycles. The van der Waals surface area contributed by atoms with Gasteiger partial charge in [-0.3, -0.25) is 9.59 Å². The first-order chi connectivity index (χ1) is 26.8. The third-order valence-corrected chi connectivity index (χ3v) is 9.69. The Kier molecular flexibility index (Phi) is 33.2. The Balaban J connectivity index is 2.38. The van der Waals surface area contributed by atoms with Crippen molar-refractivity contribution in [3.05, 3.63) is 48.6 Å². The van der Waals surface area contributed by atoms with Crippen molar-refractivity contribution in [2.45, 2.75) is 205 Å². The highest BCUT2D eigenvalue weighted by Crippen LogP contribution is 2.22. The fraction of sp³-hybridized carbons (Fsp3) is 0.778. The van der Waals surface area contributed by atoms with Crippen LogP contribution in [0.2, 0.25) is 0 Å². The number of hydrogen-bond acceptors (Lipinski definition) is 10. The normalized spacial score (nSPS) is 21.0. The molecule has 10 heteroatoms. The highest BCUT2D eigenvalue weighted by molar-refractivity contribution is 5.70. The zero-order valence-electron chi connectivity index (χ0n) is 34.4. The number of rotatable bonds is 35. The van der Waals surface area contributed by atoms with E-state index >= 15 is 0 Å². The van der Waals surface area contributed by atoms with Crippen molar-refractivity contribution in [2.24, 2.45) is 0 Å². The number of ether oxygens (including phenoxy) is 4. The number of esters is 2. The van der Waals surface area contributed by atoms with E-state index in [1.165, 1.54) is 44.9 Å². The smallest absolute Gasteiger partial charge is 0.306 e. The van der Waals surface area contributed by atoms with Crippen LogP contribution in [0.3, 0.4) is 0 Å². The summed E-state index contributed by atoms with van der Waals surface area (Å²) in [7, 11) is 0. The minimum Gasteiger partial charge on any atom is -0.462 e. The first-order valence-electron chi connectivity index (χ1n) is 21.7. The summed E-state index contributed by atoms with van der Waals surface area (Å²) in [6, 6.07) is 0. The van der Waals surface area contributed by atoms with E-state index in [1.54, 1.807) is 0 Å². The van der Waals surface area contributed by atoms with Gasteiger partial charge in [-0.25, -0.2) is 0 Å². The van der Waals surface area contributed by atoms with E-state index in [0.29, 0.717) is 12.8 Å². The van der Waals surface area contributed by atoms with Gasteiger partial charge >= 0.3 is 11.9 Å². The molecular formula is C45H78O10. The molecule has 0 bridgehead atoms. The summed E-state index contributed by atoms with van der Waals surface area (Å²) in [5, 5.41) is 40.0. The van der Waals surface area contributed by atoms with Gasteiger partial charge in [0, 0.05) is 12.8 Å². The molecule has 0 amide bonds. The molecule has 1 rings (SSSR count). The number of aliphatic hydroxyl groups is 4. The van der Waals surface area contributed by atoms with Gasteiger partial charge in [0.1, 0.15) is 31.0 Å². The molecule has 1 aliphatic heterocycles.